The quantitative estimate of drug-likeness (QED) is 0.770. The first-order valence-corrected chi connectivity index (χ1v) is 9.95. The number of carbonyl (C=O) groups excluding carboxylic acids is 2. The molecule has 4 rings (SSSR count). The van der Waals surface area contributed by atoms with Gasteiger partial charge in [0, 0.05) is 25.3 Å². The molecule has 2 aliphatic rings. The van der Waals surface area contributed by atoms with Crippen molar-refractivity contribution in [3.05, 3.63) is 57.5 Å². The first-order chi connectivity index (χ1) is 14.4. The highest BCUT2D eigenvalue weighted by Crippen LogP contribution is 2.28. The molecule has 8 heteroatoms. The van der Waals surface area contributed by atoms with E-state index in [1.165, 1.54) is 4.90 Å². The second kappa shape index (κ2) is 7.85. The van der Waals surface area contributed by atoms with Crippen molar-refractivity contribution >= 4 is 11.8 Å². The summed E-state index contributed by atoms with van der Waals surface area (Å²) in [7, 11) is 3.16. The van der Waals surface area contributed by atoms with Gasteiger partial charge in [0.1, 0.15) is 11.6 Å². The minimum atomic E-state index is -0.471. The lowest BCUT2D eigenvalue weighted by Crippen LogP contribution is -2.51. The van der Waals surface area contributed by atoms with Crippen molar-refractivity contribution in [1.29, 1.82) is 0 Å². The van der Waals surface area contributed by atoms with Gasteiger partial charge in [-0.3, -0.25) is 14.4 Å². The summed E-state index contributed by atoms with van der Waals surface area (Å²) >= 11 is 0. The maximum atomic E-state index is 13.1. The average Bonchev–Trinajstić information content (AvgIpc) is 3.32. The molecule has 0 radical (unpaired) electrons. The van der Waals surface area contributed by atoms with Crippen LogP contribution in [0.2, 0.25) is 0 Å². The van der Waals surface area contributed by atoms with Crippen LogP contribution in [-0.2, 0) is 17.8 Å². The van der Waals surface area contributed by atoms with E-state index in [0.717, 1.165) is 5.56 Å². The Morgan fingerprint density at radius 3 is 2.60 bits per heavy atom. The van der Waals surface area contributed by atoms with Crippen LogP contribution in [0.5, 0.6) is 11.5 Å². The molecule has 3 heterocycles. The minimum absolute atomic E-state index is 0.0113. The summed E-state index contributed by atoms with van der Waals surface area (Å²) in [5, 5.41) is 2.85. The molecule has 2 atom stereocenters. The lowest BCUT2D eigenvalue weighted by molar-refractivity contribution is -0.124. The summed E-state index contributed by atoms with van der Waals surface area (Å²) in [6, 6.07) is 6.92. The number of nitrogens with zero attached hydrogens (tertiary/aromatic N) is 2. The van der Waals surface area contributed by atoms with Crippen molar-refractivity contribution in [2.24, 2.45) is 0 Å². The molecule has 0 aliphatic carbocycles. The first kappa shape index (κ1) is 20.0. The predicted octanol–water partition coefficient (Wildman–Crippen LogP) is 1.13. The molecule has 2 saturated heterocycles. The van der Waals surface area contributed by atoms with Crippen LogP contribution in [0.15, 0.2) is 35.3 Å². The Balaban J connectivity index is 1.55. The maximum absolute atomic E-state index is 13.1. The number of rotatable bonds is 6. The number of likely N-dealkylation sites (tertiary alicyclic amines) is 1. The van der Waals surface area contributed by atoms with Crippen molar-refractivity contribution in [1.82, 2.24) is 14.8 Å². The lowest BCUT2D eigenvalue weighted by Gasteiger charge is -2.27. The summed E-state index contributed by atoms with van der Waals surface area (Å²) < 4.78 is 12.1. The third-order valence-corrected chi connectivity index (χ3v) is 5.89. The van der Waals surface area contributed by atoms with Gasteiger partial charge in [-0.25, -0.2) is 0 Å². The number of methoxy groups -OCH3 is 2. The van der Waals surface area contributed by atoms with Gasteiger partial charge in [0.25, 0.3) is 11.5 Å². The topological polar surface area (TPSA) is 89.9 Å². The molecule has 1 aromatic heterocycles. The van der Waals surface area contributed by atoms with Crippen LogP contribution in [0.25, 0.3) is 0 Å². The van der Waals surface area contributed by atoms with Crippen LogP contribution in [0.3, 0.4) is 0 Å². The molecule has 1 N–H and O–H groups in total. The number of carbonyl (C=O) groups is 2. The van der Waals surface area contributed by atoms with Crippen LogP contribution in [-0.4, -0.2) is 54.1 Å². The van der Waals surface area contributed by atoms with Gasteiger partial charge in [-0.1, -0.05) is 6.07 Å². The van der Waals surface area contributed by atoms with E-state index in [4.69, 9.17) is 9.47 Å². The Morgan fingerprint density at radius 1 is 1.17 bits per heavy atom. The second-order valence-corrected chi connectivity index (χ2v) is 7.73. The number of aromatic nitrogens is 1. The molecule has 1 aromatic carbocycles. The zero-order chi connectivity index (χ0) is 21.4. The largest absolute Gasteiger partial charge is 0.493 e. The Kier molecular flexibility index (Phi) is 5.24. The van der Waals surface area contributed by atoms with Crippen molar-refractivity contribution in [3.8, 4) is 11.5 Å². The number of hydrogen-bond donors (Lipinski definition) is 1. The zero-order valence-electron chi connectivity index (χ0n) is 17.3. The van der Waals surface area contributed by atoms with Crippen LogP contribution in [0.4, 0.5) is 0 Å². The van der Waals surface area contributed by atoms with E-state index in [2.05, 4.69) is 5.32 Å². The van der Waals surface area contributed by atoms with Crippen molar-refractivity contribution in [3.63, 3.8) is 0 Å². The smallest absolute Gasteiger partial charge is 0.263 e. The van der Waals surface area contributed by atoms with Crippen LogP contribution in [0, 0.1) is 6.92 Å². The van der Waals surface area contributed by atoms with E-state index in [0.29, 0.717) is 43.0 Å². The summed E-state index contributed by atoms with van der Waals surface area (Å²) in [5.41, 5.74) is 1.42. The number of hydrogen-bond acceptors (Lipinski definition) is 5. The SMILES string of the molecule is COc1ccc(CCn2ccc(C)c(C(=O)N3C[C@@H]4C[C@H]3C(=O)N4)c2=O)cc1OC. The molecule has 0 spiro atoms. The van der Waals surface area contributed by atoms with E-state index >= 15 is 0 Å². The number of amides is 2. The number of piperazine rings is 1. The molecule has 0 unspecified atom stereocenters. The van der Waals surface area contributed by atoms with Crippen molar-refractivity contribution in [2.75, 3.05) is 20.8 Å². The van der Waals surface area contributed by atoms with Gasteiger partial charge in [-0.15, -0.1) is 0 Å². The fourth-order valence-corrected chi connectivity index (χ4v) is 4.24. The van der Waals surface area contributed by atoms with E-state index in [9.17, 15) is 14.4 Å². The van der Waals surface area contributed by atoms with E-state index in [-0.39, 0.29) is 29.0 Å². The maximum Gasteiger partial charge on any atom is 0.263 e. The standard InChI is InChI=1S/C22H25N3O5/c1-13-6-8-24(9-7-14-4-5-17(29-2)18(10-14)30-3)21(27)19(13)22(28)25-12-15-11-16(25)20(26)23-15/h4-6,8,10,15-16H,7,9,11-12H2,1-3H3,(H,23,26)/t15-,16-/m0/s1. The fraction of sp³-hybridized carbons (Fsp3) is 0.409. The summed E-state index contributed by atoms with van der Waals surface area (Å²) in [6.07, 6.45) is 2.91. The molecule has 30 heavy (non-hydrogen) atoms. The summed E-state index contributed by atoms with van der Waals surface area (Å²) in [6.45, 7) is 2.62. The zero-order valence-corrected chi connectivity index (χ0v) is 17.3. The molecule has 2 aliphatic heterocycles. The number of pyridine rings is 1. The first-order valence-electron chi connectivity index (χ1n) is 9.95. The molecule has 158 valence electrons. The third kappa shape index (κ3) is 3.42. The highest BCUT2D eigenvalue weighted by Gasteiger charge is 2.46. The molecule has 2 fully saturated rings. The molecular formula is C22H25N3O5. The Bertz CT molecular complexity index is 1060. The monoisotopic (exact) mass is 411 g/mol. The van der Waals surface area contributed by atoms with Gasteiger partial charge >= 0.3 is 0 Å². The Labute approximate surface area is 174 Å². The number of nitrogens with one attached hydrogen (secondary N) is 1. The highest BCUT2D eigenvalue weighted by atomic mass is 16.5. The Hall–Kier alpha value is -3.29. The molecule has 2 aromatic rings. The van der Waals surface area contributed by atoms with Crippen LogP contribution >= 0.6 is 0 Å². The van der Waals surface area contributed by atoms with Crippen molar-refractivity contribution < 1.29 is 19.1 Å². The lowest BCUT2D eigenvalue weighted by atomic mass is 10.1. The predicted molar refractivity (Wildman–Crippen MR) is 110 cm³/mol. The number of fused-ring (bicyclic) bond motifs is 2. The van der Waals surface area contributed by atoms with Crippen molar-refractivity contribution in [2.45, 2.75) is 38.4 Å². The van der Waals surface area contributed by atoms with E-state index in [1.54, 1.807) is 38.0 Å². The summed E-state index contributed by atoms with van der Waals surface area (Å²) in [5.74, 6) is 0.775. The van der Waals surface area contributed by atoms with E-state index < -0.39 is 6.04 Å². The average molecular weight is 411 g/mol. The van der Waals surface area contributed by atoms with Gasteiger partial charge in [0.2, 0.25) is 5.91 Å². The van der Waals surface area contributed by atoms with Gasteiger partial charge in [-0.2, -0.15) is 0 Å². The number of aryl methyl sites for hydroxylation is 3. The van der Waals surface area contributed by atoms with Gasteiger partial charge in [0.15, 0.2) is 11.5 Å². The molecule has 2 amide bonds. The fourth-order valence-electron chi connectivity index (χ4n) is 4.24. The normalized spacial score (nSPS) is 19.7. The Morgan fingerprint density at radius 2 is 1.93 bits per heavy atom. The molecular weight excluding hydrogens is 386 g/mol. The van der Waals surface area contributed by atoms with E-state index in [1.807, 2.05) is 18.2 Å². The number of ether oxygens (including phenoxy) is 2. The molecule has 2 bridgehead atoms. The minimum Gasteiger partial charge on any atom is -0.493 e. The summed E-state index contributed by atoms with van der Waals surface area (Å²) in [4.78, 5) is 39.7. The number of benzene rings is 1. The van der Waals surface area contributed by atoms with Crippen LogP contribution in [0.1, 0.15) is 27.9 Å². The van der Waals surface area contributed by atoms with Crippen LogP contribution < -0.4 is 20.3 Å². The van der Waals surface area contributed by atoms with Gasteiger partial charge in [-0.05, 0) is 49.1 Å². The molecule has 0 saturated carbocycles. The molecule has 8 nitrogen and oxygen atoms in total. The highest BCUT2D eigenvalue weighted by molar-refractivity contribution is 6.00. The van der Waals surface area contributed by atoms with Gasteiger partial charge in [0.05, 0.1) is 14.2 Å². The van der Waals surface area contributed by atoms with Gasteiger partial charge < -0.3 is 24.3 Å². The second-order valence-electron chi connectivity index (χ2n) is 7.73. The third-order valence-electron chi connectivity index (χ3n) is 5.89.